The summed E-state index contributed by atoms with van der Waals surface area (Å²) in [6, 6.07) is -0.658. The molecule has 22 heavy (non-hydrogen) atoms. The van der Waals surface area contributed by atoms with Crippen molar-refractivity contribution in [2.45, 2.75) is 19.9 Å². The maximum absolute atomic E-state index is 11.7. The van der Waals surface area contributed by atoms with Crippen molar-refractivity contribution in [1.29, 1.82) is 0 Å². The summed E-state index contributed by atoms with van der Waals surface area (Å²) in [5, 5.41) is 7.99. The van der Waals surface area contributed by atoms with Crippen LogP contribution in [-0.2, 0) is 16.1 Å². The first-order valence-corrected chi connectivity index (χ1v) is 7.27. The van der Waals surface area contributed by atoms with Crippen LogP contribution in [0.3, 0.4) is 0 Å². The zero-order chi connectivity index (χ0) is 16.5. The summed E-state index contributed by atoms with van der Waals surface area (Å²) < 4.78 is 5.91. The van der Waals surface area contributed by atoms with Gasteiger partial charge in [0.15, 0.2) is 0 Å². The number of aromatic nitrogens is 2. The molecule has 0 saturated carbocycles. The molecule has 0 saturated heterocycles. The van der Waals surface area contributed by atoms with Crippen LogP contribution in [0.1, 0.15) is 13.3 Å². The third-order valence-corrected chi connectivity index (χ3v) is 3.19. The Morgan fingerprint density at radius 1 is 1.41 bits per heavy atom. The molecular formula is C12H16Cl2N4O4. The Hall–Kier alpha value is -1.64. The molecule has 2 N–H and O–H groups in total. The normalized spacial score (nSPS) is 10.3. The summed E-state index contributed by atoms with van der Waals surface area (Å²) in [6.07, 6.45) is 1.77. The standard InChI is InChI=1S/C12H16Cl2N4O4/c1-2-22-5-3-4-15-12(21)17-9(19)7-18-11(20)10(14)8(13)6-16-18/h6H,2-5,7H2,1H3,(H2,15,17,19,21). The first kappa shape index (κ1) is 18.4. The van der Waals surface area contributed by atoms with Crippen LogP contribution in [0.25, 0.3) is 0 Å². The van der Waals surface area contributed by atoms with Crippen LogP contribution in [0.15, 0.2) is 11.0 Å². The van der Waals surface area contributed by atoms with Gasteiger partial charge in [-0.2, -0.15) is 5.10 Å². The Kier molecular flexibility index (Phi) is 7.86. The SMILES string of the molecule is CCOCCCNC(=O)NC(=O)Cn1ncc(Cl)c(Cl)c1=O. The molecule has 8 nitrogen and oxygen atoms in total. The summed E-state index contributed by atoms with van der Waals surface area (Å²) in [5.74, 6) is -0.699. The Morgan fingerprint density at radius 2 is 2.14 bits per heavy atom. The lowest BCUT2D eigenvalue weighted by molar-refractivity contribution is -0.120. The second-order valence-electron chi connectivity index (χ2n) is 4.12. The molecule has 122 valence electrons. The molecule has 0 unspecified atom stereocenters. The summed E-state index contributed by atoms with van der Waals surface area (Å²) in [5.41, 5.74) is -0.707. The van der Waals surface area contributed by atoms with E-state index in [1.807, 2.05) is 6.92 Å². The number of amides is 3. The van der Waals surface area contributed by atoms with Crippen molar-refractivity contribution in [3.63, 3.8) is 0 Å². The summed E-state index contributed by atoms with van der Waals surface area (Å²) in [4.78, 5) is 34.8. The van der Waals surface area contributed by atoms with E-state index in [1.165, 1.54) is 0 Å². The fourth-order valence-electron chi connectivity index (χ4n) is 1.42. The van der Waals surface area contributed by atoms with Crippen molar-refractivity contribution in [2.24, 2.45) is 0 Å². The van der Waals surface area contributed by atoms with Gasteiger partial charge in [0.05, 0.1) is 11.2 Å². The molecule has 3 amide bonds. The van der Waals surface area contributed by atoms with Gasteiger partial charge in [-0.3, -0.25) is 14.9 Å². The van der Waals surface area contributed by atoms with Gasteiger partial charge >= 0.3 is 6.03 Å². The minimum atomic E-state index is -0.707. The van der Waals surface area contributed by atoms with E-state index in [9.17, 15) is 14.4 Å². The van der Waals surface area contributed by atoms with E-state index in [4.69, 9.17) is 27.9 Å². The van der Waals surface area contributed by atoms with Gasteiger partial charge in [0, 0.05) is 19.8 Å². The first-order valence-electron chi connectivity index (χ1n) is 6.52. The lowest BCUT2D eigenvalue weighted by Crippen LogP contribution is -2.43. The molecule has 1 aromatic rings. The number of nitrogens with one attached hydrogen (secondary N) is 2. The highest BCUT2D eigenvalue weighted by atomic mass is 35.5. The molecule has 1 aromatic heterocycles. The molecule has 0 aromatic carbocycles. The molecule has 0 aliphatic rings. The maximum atomic E-state index is 11.7. The topological polar surface area (TPSA) is 102 Å². The molecule has 0 spiro atoms. The van der Waals surface area contributed by atoms with E-state index in [0.29, 0.717) is 26.2 Å². The summed E-state index contributed by atoms with van der Waals surface area (Å²) >= 11 is 11.3. The zero-order valence-corrected chi connectivity index (χ0v) is 13.4. The number of hydrogen-bond donors (Lipinski definition) is 2. The van der Waals surface area contributed by atoms with Gasteiger partial charge in [-0.15, -0.1) is 0 Å². The quantitative estimate of drug-likeness (QED) is 0.708. The van der Waals surface area contributed by atoms with Crippen LogP contribution in [0.4, 0.5) is 4.79 Å². The zero-order valence-electron chi connectivity index (χ0n) is 11.9. The molecule has 1 heterocycles. The first-order chi connectivity index (χ1) is 10.5. The number of carbonyl (C=O) groups is 2. The predicted molar refractivity (Wildman–Crippen MR) is 81.2 cm³/mol. The molecule has 0 bridgehead atoms. The maximum Gasteiger partial charge on any atom is 0.321 e. The van der Waals surface area contributed by atoms with Crippen molar-refractivity contribution in [3.8, 4) is 0 Å². The van der Waals surface area contributed by atoms with E-state index in [-0.39, 0.29) is 10.0 Å². The van der Waals surface area contributed by atoms with Crippen LogP contribution in [0.5, 0.6) is 0 Å². The van der Waals surface area contributed by atoms with Gasteiger partial charge in [0.2, 0.25) is 5.91 Å². The fraction of sp³-hybridized carbons (Fsp3) is 0.500. The number of halogens is 2. The van der Waals surface area contributed by atoms with Crippen molar-refractivity contribution in [3.05, 3.63) is 26.6 Å². The highest BCUT2D eigenvalue weighted by molar-refractivity contribution is 6.41. The lowest BCUT2D eigenvalue weighted by atomic mass is 10.4. The molecule has 0 radical (unpaired) electrons. The Balaban J connectivity index is 2.42. The second kappa shape index (κ2) is 9.39. The van der Waals surface area contributed by atoms with Crippen LogP contribution >= 0.6 is 23.2 Å². The molecule has 0 fully saturated rings. The number of rotatable bonds is 7. The van der Waals surface area contributed by atoms with Crippen LogP contribution < -0.4 is 16.2 Å². The van der Waals surface area contributed by atoms with Crippen molar-refractivity contribution in [1.82, 2.24) is 20.4 Å². The summed E-state index contributed by atoms with van der Waals surface area (Å²) in [7, 11) is 0. The van der Waals surface area contributed by atoms with Gasteiger partial charge < -0.3 is 10.1 Å². The molecular weight excluding hydrogens is 335 g/mol. The van der Waals surface area contributed by atoms with Crippen molar-refractivity contribution in [2.75, 3.05) is 19.8 Å². The average Bonchev–Trinajstić information content (AvgIpc) is 2.47. The van der Waals surface area contributed by atoms with Gasteiger partial charge in [-0.25, -0.2) is 9.48 Å². The second-order valence-corrected chi connectivity index (χ2v) is 4.91. The molecule has 10 heteroatoms. The molecule has 1 rings (SSSR count). The van der Waals surface area contributed by atoms with Crippen LogP contribution in [-0.4, -0.2) is 41.5 Å². The third-order valence-electron chi connectivity index (χ3n) is 2.44. The number of nitrogens with zero attached hydrogens (tertiary/aromatic N) is 2. The number of imide groups is 1. The minimum Gasteiger partial charge on any atom is -0.382 e. The lowest BCUT2D eigenvalue weighted by Gasteiger charge is -2.08. The van der Waals surface area contributed by atoms with E-state index in [2.05, 4.69) is 15.7 Å². The molecule has 0 aliphatic heterocycles. The Labute approximate surface area is 136 Å². The van der Waals surface area contributed by atoms with Gasteiger partial charge in [0.1, 0.15) is 11.6 Å². The van der Waals surface area contributed by atoms with Gasteiger partial charge in [0.25, 0.3) is 5.56 Å². The van der Waals surface area contributed by atoms with Gasteiger partial charge in [-0.05, 0) is 13.3 Å². The average molecular weight is 351 g/mol. The third kappa shape index (κ3) is 6.00. The van der Waals surface area contributed by atoms with Crippen LogP contribution in [0.2, 0.25) is 10.0 Å². The van der Waals surface area contributed by atoms with Crippen molar-refractivity contribution >= 4 is 35.1 Å². The fourth-order valence-corrected chi connectivity index (χ4v) is 1.70. The van der Waals surface area contributed by atoms with Gasteiger partial charge in [-0.1, -0.05) is 23.2 Å². The molecule has 0 aliphatic carbocycles. The number of ether oxygens (including phenoxy) is 1. The smallest absolute Gasteiger partial charge is 0.321 e. The predicted octanol–water partition coefficient (Wildman–Crippen LogP) is 0.803. The number of hydrogen-bond acceptors (Lipinski definition) is 5. The van der Waals surface area contributed by atoms with E-state index in [1.54, 1.807) is 0 Å². The van der Waals surface area contributed by atoms with E-state index >= 15 is 0 Å². The highest BCUT2D eigenvalue weighted by Crippen LogP contribution is 2.14. The Morgan fingerprint density at radius 3 is 2.82 bits per heavy atom. The monoisotopic (exact) mass is 350 g/mol. The van der Waals surface area contributed by atoms with E-state index < -0.39 is 24.0 Å². The minimum absolute atomic E-state index is 0.00429. The van der Waals surface area contributed by atoms with Crippen molar-refractivity contribution < 1.29 is 14.3 Å². The van der Waals surface area contributed by atoms with E-state index in [0.717, 1.165) is 10.9 Å². The van der Waals surface area contributed by atoms with Crippen LogP contribution in [0, 0.1) is 0 Å². The number of carbonyl (C=O) groups excluding carboxylic acids is 2. The highest BCUT2D eigenvalue weighted by Gasteiger charge is 2.12. The summed E-state index contributed by atoms with van der Waals surface area (Å²) in [6.45, 7) is 2.92. The largest absolute Gasteiger partial charge is 0.382 e. The molecule has 0 atom stereocenters. The Bertz CT molecular complexity index is 591. The number of urea groups is 1.